The van der Waals surface area contributed by atoms with Crippen molar-refractivity contribution in [1.82, 2.24) is 4.72 Å². The molecule has 1 rings (SSSR count). The van der Waals surface area contributed by atoms with Crippen LogP contribution in [0.4, 0.5) is 0 Å². The number of aliphatic carboxylic acids is 1. The first-order valence-electron chi connectivity index (χ1n) is 6.55. The third-order valence-corrected chi connectivity index (χ3v) is 5.12. The van der Waals surface area contributed by atoms with Crippen LogP contribution in [0.1, 0.15) is 27.2 Å². The Morgan fingerprint density at radius 3 is 2.45 bits per heavy atom. The smallest absolute Gasteiger partial charge is 0.304 e. The zero-order valence-electron chi connectivity index (χ0n) is 12.9. The summed E-state index contributed by atoms with van der Waals surface area (Å²) in [5, 5.41) is 8.99. The molecule has 1 aromatic rings. The van der Waals surface area contributed by atoms with E-state index in [2.05, 4.69) is 4.72 Å². The van der Waals surface area contributed by atoms with E-state index in [1.165, 1.54) is 19.2 Å². The van der Waals surface area contributed by atoms with Crippen LogP contribution in [0.3, 0.4) is 0 Å². The molecule has 124 valence electrons. The molecule has 0 fully saturated rings. The number of nitrogens with one attached hydrogen (secondary N) is 1. The van der Waals surface area contributed by atoms with Crippen LogP contribution in [-0.4, -0.2) is 32.6 Å². The molecule has 0 aliphatic heterocycles. The molecule has 2 N–H and O–H groups in total. The summed E-state index contributed by atoms with van der Waals surface area (Å²) in [6.45, 7) is 5.27. The average molecular weight is 350 g/mol. The van der Waals surface area contributed by atoms with E-state index in [4.69, 9.17) is 21.4 Å². The zero-order chi connectivity index (χ0) is 17.1. The van der Waals surface area contributed by atoms with E-state index in [1.807, 2.05) is 0 Å². The van der Waals surface area contributed by atoms with E-state index < -0.39 is 27.4 Å². The second kappa shape index (κ2) is 6.85. The number of hydrogen-bond acceptors (Lipinski definition) is 4. The topological polar surface area (TPSA) is 92.7 Å². The van der Waals surface area contributed by atoms with Crippen molar-refractivity contribution in [2.45, 2.75) is 38.1 Å². The predicted octanol–water partition coefficient (Wildman–Crippen LogP) is 2.52. The summed E-state index contributed by atoms with van der Waals surface area (Å²) >= 11 is 5.98. The predicted molar refractivity (Wildman–Crippen MR) is 83.8 cm³/mol. The Balaban J connectivity index is 3.27. The lowest BCUT2D eigenvalue weighted by Crippen LogP contribution is -2.45. The normalized spacial score (nSPS) is 13.7. The fraction of sp³-hybridized carbons (Fsp3) is 0.500. The van der Waals surface area contributed by atoms with E-state index in [1.54, 1.807) is 26.8 Å². The van der Waals surface area contributed by atoms with Gasteiger partial charge in [-0.25, -0.2) is 13.1 Å². The molecule has 1 atom stereocenters. The Morgan fingerprint density at radius 2 is 2.00 bits per heavy atom. The van der Waals surface area contributed by atoms with E-state index in [0.29, 0.717) is 0 Å². The van der Waals surface area contributed by atoms with E-state index in [9.17, 15) is 13.2 Å². The average Bonchev–Trinajstić information content (AvgIpc) is 2.35. The van der Waals surface area contributed by atoms with Crippen LogP contribution >= 0.6 is 11.6 Å². The van der Waals surface area contributed by atoms with Gasteiger partial charge >= 0.3 is 5.97 Å². The van der Waals surface area contributed by atoms with E-state index in [0.717, 1.165) is 0 Å². The largest absolute Gasteiger partial charge is 0.495 e. The number of carbonyl (C=O) groups is 1. The number of benzene rings is 1. The van der Waals surface area contributed by atoms with E-state index >= 15 is 0 Å². The second-order valence-electron chi connectivity index (χ2n) is 5.91. The molecule has 0 saturated heterocycles. The van der Waals surface area contributed by atoms with Crippen molar-refractivity contribution in [2.24, 2.45) is 5.41 Å². The first kappa shape index (κ1) is 18.7. The van der Waals surface area contributed by atoms with Gasteiger partial charge in [-0.1, -0.05) is 38.4 Å². The SMILES string of the molecule is COc1cccc(Cl)c1S(=O)(=O)N[C@@H](CC(=O)O)C(C)(C)C. The number of rotatable bonds is 6. The molecule has 0 unspecified atom stereocenters. The van der Waals surface area contributed by atoms with Crippen LogP contribution in [0.2, 0.25) is 5.02 Å². The molecular weight excluding hydrogens is 330 g/mol. The third-order valence-electron chi connectivity index (χ3n) is 3.14. The number of methoxy groups -OCH3 is 1. The lowest BCUT2D eigenvalue weighted by Gasteiger charge is -2.30. The molecule has 1 aromatic carbocycles. The van der Waals surface area contributed by atoms with Gasteiger partial charge in [0.15, 0.2) is 0 Å². The highest BCUT2D eigenvalue weighted by atomic mass is 35.5. The summed E-state index contributed by atoms with van der Waals surface area (Å²) < 4.78 is 32.7. The Labute approximate surface area is 135 Å². The maximum absolute atomic E-state index is 12.6. The van der Waals surface area contributed by atoms with Gasteiger partial charge in [0, 0.05) is 6.04 Å². The van der Waals surface area contributed by atoms with Gasteiger partial charge in [-0.05, 0) is 17.5 Å². The van der Waals surface area contributed by atoms with Gasteiger partial charge in [0.1, 0.15) is 10.6 Å². The Kier molecular flexibility index (Phi) is 5.83. The maximum Gasteiger partial charge on any atom is 0.304 e. The molecular formula is C14H20ClNO5S. The summed E-state index contributed by atoms with van der Waals surface area (Å²) in [5.74, 6) is -0.989. The molecule has 8 heteroatoms. The van der Waals surface area contributed by atoms with Crippen molar-refractivity contribution < 1.29 is 23.1 Å². The number of carboxylic acids is 1. The Hall–Kier alpha value is -1.31. The van der Waals surface area contributed by atoms with E-state index in [-0.39, 0.29) is 22.1 Å². The lowest BCUT2D eigenvalue weighted by molar-refractivity contribution is -0.138. The first-order chi connectivity index (χ1) is 9.99. The number of sulfonamides is 1. The van der Waals surface area contributed by atoms with Crippen LogP contribution in [0.5, 0.6) is 5.75 Å². The van der Waals surface area contributed by atoms with Crippen molar-refractivity contribution in [2.75, 3.05) is 7.11 Å². The summed E-state index contributed by atoms with van der Waals surface area (Å²) in [4.78, 5) is 10.8. The molecule has 0 bridgehead atoms. The quantitative estimate of drug-likeness (QED) is 0.823. The van der Waals surface area contributed by atoms with Gasteiger partial charge in [-0.2, -0.15) is 0 Å². The number of halogens is 1. The standard InChI is InChI=1S/C14H20ClNO5S/c1-14(2,3)11(8-12(17)18)16-22(19,20)13-9(15)6-5-7-10(13)21-4/h5-7,11,16H,8H2,1-4H3,(H,17,18)/t11-/m0/s1. The van der Waals surface area contributed by atoms with Crippen LogP contribution in [0, 0.1) is 5.41 Å². The monoisotopic (exact) mass is 349 g/mol. The Bertz CT molecular complexity index is 652. The minimum atomic E-state index is -4.03. The summed E-state index contributed by atoms with van der Waals surface area (Å²) in [5.41, 5.74) is -0.583. The lowest BCUT2D eigenvalue weighted by atomic mass is 9.85. The van der Waals surface area contributed by atoms with Crippen LogP contribution in [0.15, 0.2) is 23.1 Å². The first-order valence-corrected chi connectivity index (χ1v) is 8.41. The molecule has 0 radical (unpaired) electrons. The summed E-state index contributed by atoms with van der Waals surface area (Å²) in [6, 6.07) is 3.68. The van der Waals surface area contributed by atoms with Gasteiger partial charge in [-0.15, -0.1) is 0 Å². The fourth-order valence-corrected chi connectivity index (χ4v) is 4.00. The third kappa shape index (κ3) is 4.59. The van der Waals surface area contributed by atoms with Crippen molar-refractivity contribution in [3.63, 3.8) is 0 Å². The summed E-state index contributed by atoms with van der Waals surface area (Å²) in [6.07, 6.45) is -0.338. The second-order valence-corrected chi connectivity index (χ2v) is 7.97. The fourth-order valence-electron chi connectivity index (χ4n) is 1.86. The van der Waals surface area contributed by atoms with Gasteiger partial charge in [0.2, 0.25) is 10.0 Å². The van der Waals surface area contributed by atoms with Crippen molar-refractivity contribution in [3.8, 4) is 5.75 Å². The molecule has 0 saturated carbocycles. The molecule has 0 heterocycles. The highest BCUT2D eigenvalue weighted by Gasteiger charge is 2.33. The minimum Gasteiger partial charge on any atom is -0.495 e. The number of carboxylic acid groups (broad SMARTS) is 1. The summed E-state index contributed by atoms with van der Waals surface area (Å²) in [7, 11) is -2.70. The van der Waals surface area contributed by atoms with Crippen LogP contribution in [-0.2, 0) is 14.8 Å². The molecule has 0 spiro atoms. The maximum atomic E-state index is 12.6. The van der Waals surface area contributed by atoms with Gasteiger partial charge < -0.3 is 9.84 Å². The molecule has 0 amide bonds. The van der Waals surface area contributed by atoms with Gasteiger partial charge in [-0.3, -0.25) is 4.79 Å². The molecule has 0 aliphatic rings. The van der Waals surface area contributed by atoms with Crippen molar-refractivity contribution in [3.05, 3.63) is 23.2 Å². The highest BCUT2D eigenvalue weighted by molar-refractivity contribution is 7.89. The van der Waals surface area contributed by atoms with Crippen LogP contribution < -0.4 is 9.46 Å². The minimum absolute atomic E-state index is 0.00911. The van der Waals surface area contributed by atoms with Crippen molar-refractivity contribution in [1.29, 1.82) is 0 Å². The van der Waals surface area contributed by atoms with Gasteiger partial charge in [0.25, 0.3) is 0 Å². The van der Waals surface area contributed by atoms with Crippen molar-refractivity contribution >= 4 is 27.6 Å². The molecule has 0 aliphatic carbocycles. The number of hydrogen-bond donors (Lipinski definition) is 2. The molecule has 22 heavy (non-hydrogen) atoms. The highest BCUT2D eigenvalue weighted by Crippen LogP contribution is 2.32. The molecule has 0 aromatic heterocycles. The van der Waals surface area contributed by atoms with Gasteiger partial charge in [0.05, 0.1) is 18.6 Å². The Morgan fingerprint density at radius 1 is 1.41 bits per heavy atom. The van der Waals surface area contributed by atoms with Crippen LogP contribution in [0.25, 0.3) is 0 Å². The zero-order valence-corrected chi connectivity index (χ0v) is 14.5. The number of ether oxygens (including phenoxy) is 1. The molecule has 6 nitrogen and oxygen atoms in total.